The van der Waals surface area contributed by atoms with Crippen LogP contribution in [0.1, 0.15) is 0 Å². The molecular weight excluding hydrogens is 318 g/mol. The average molecular weight is 332 g/mol. The minimum atomic E-state index is -0.364. The average Bonchev–Trinajstić information content (AvgIpc) is 2.80. The lowest BCUT2D eigenvalue weighted by molar-refractivity contribution is 0.142. The molecule has 3 heterocycles. The fourth-order valence-corrected chi connectivity index (χ4v) is 2.92. The molecule has 0 amide bonds. The lowest BCUT2D eigenvalue weighted by atomic mass is 10.0. The van der Waals surface area contributed by atoms with Gasteiger partial charge in [-0.05, 0) is 17.7 Å². The number of hydrogen-bond donors (Lipinski definition) is 1. The Morgan fingerprint density at radius 1 is 1.26 bits per heavy atom. The third-order valence-electron chi connectivity index (χ3n) is 4.01. The highest BCUT2D eigenvalue weighted by molar-refractivity contribution is 6.30. The third kappa shape index (κ3) is 2.20. The van der Waals surface area contributed by atoms with Crippen LogP contribution in [0.15, 0.2) is 35.3 Å². The van der Waals surface area contributed by atoms with Gasteiger partial charge in [0, 0.05) is 30.7 Å². The molecule has 3 aromatic rings. The van der Waals surface area contributed by atoms with Crippen LogP contribution < -0.4 is 10.6 Å². The van der Waals surface area contributed by atoms with Crippen LogP contribution in [-0.4, -0.2) is 43.7 Å². The summed E-state index contributed by atoms with van der Waals surface area (Å²) >= 11 is 5.96. The van der Waals surface area contributed by atoms with Gasteiger partial charge in [0.05, 0.1) is 18.0 Å². The molecule has 1 aromatic carbocycles. The number of rotatable bonds is 2. The standard InChI is InChI=1S/C15H14ClN5O2/c1-19-15(23)21-14(18-19)13(20-7-11(22)8-20)12(6-17-21)9-2-4-10(16)5-3-9/h2-6,11,22H,7-8H2,1H3. The van der Waals surface area contributed by atoms with Crippen LogP contribution in [0.25, 0.3) is 16.8 Å². The van der Waals surface area contributed by atoms with Crippen molar-refractivity contribution in [3.63, 3.8) is 0 Å². The first-order valence-corrected chi connectivity index (χ1v) is 7.56. The number of aromatic nitrogens is 4. The van der Waals surface area contributed by atoms with Gasteiger partial charge >= 0.3 is 5.69 Å². The van der Waals surface area contributed by atoms with Crippen molar-refractivity contribution in [3.8, 4) is 11.1 Å². The molecule has 1 aliphatic heterocycles. The van der Waals surface area contributed by atoms with Gasteiger partial charge in [0.1, 0.15) is 0 Å². The van der Waals surface area contributed by atoms with Gasteiger partial charge in [-0.25, -0.2) is 9.48 Å². The molecule has 0 saturated carbocycles. The quantitative estimate of drug-likeness (QED) is 0.756. The van der Waals surface area contributed by atoms with Gasteiger partial charge in [-0.3, -0.25) is 0 Å². The minimum Gasteiger partial charge on any atom is -0.389 e. The maximum atomic E-state index is 12.1. The van der Waals surface area contributed by atoms with Gasteiger partial charge in [0.2, 0.25) is 5.65 Å². The Hall–Kier alpha value is -2.38. The van der Waals surface area contributed by atoms with Crippen LogP contribution in [0, 0.1) is 0 Å². The van der Waals surface area contributed by atoms with Crippen LogP contribution in [0.2, 0.25) is 5.02 Å². The molecule has 1 fully saturated rings. The Balaban J connectivity index is 1.98. The zero-order valence-corrected chi connectivity index (χ0v) is 13.1. The van der Waals surface area contributed by atoms with E-state index in [9.17, 15) is 9.90 Å². The van der Waals surface area contributed by atoms with Crippen molar-refractivity contribution < 1.29 is 5.11 Å². The van der Waals surface area contributed by atoms with E-state index in [2.05, 4.69) is 10.2 Å². The molecule has 0 aliphatic carbocycles. The highest BCUT2D eigenvalue weighted by Gasteiger charge is 2.30. The van der Waals surface area contributed by atoms with Crippen LogP contribution in [0.5, 0.6) is 0 Å². The molecule has 0 bridgehead atoms. The summed E-state index contributed by atoms with van der Waals surface area (Å²) in [6, 6.07) is 7.41. The number of nitrogens with zero attached hydrogens (tertiary/aromatic N) is 5. The van der Waals surface area contributed by atoms with Crippen LogP contribution in [0.3, 0.4) is 0 Å². The summed E-state index contributed by atoms with van der Waals surface area (Å²) in [5, 5.41) is 18.8. The normalized spacial score (nSPS) is 15.2. The Bertz CT molecular complexity index is 941. The predicted octanol–water partition coefficient (Wildman–Crippen LogP) is 0.929. The molecule has 23 heavy (non-hydrogen) atoms. The topological polar surface area (TPSA) is 75.7 Å². The SMILES string of the molecule is Cn1nc2c(N3CC(O)C3)c(-c3ccc(Cl)cc3)cnn2c1=O. The Kier molecular flexibility index (Phi) is 3.14. The minimum absolute atomic E-state index is 0.301. The number of aryl methyl sites for hydroxylation is 1. The van der Waals surface area contributed by atoms with E-state index in [1.165, 1.54) is 9.20 Å². The summed E-state index contributed by atoms with van der Waals surface area (Å²) < 4.78 is 2.53. The lowest BCUT2D eigenvalue weighted by Gasteiger charge is -2.38. The molecule has 1 aliphatic rings. The summed E-state index contributed by atoms with van der Waals surface area (Å²) in [4.78, 5) is 14.1. The fourth-order valence-electron chi connectivity index (χ4n) is 2.79. The monoisotopic (exact) mass is 331 g/mol. The molecule has 8 heteroatoms. The maximum Gasteiger partial charge on any atom is 0.366 e. The molecule has 0 spiro atoms. The van der Waals surface area contributed by atoms with Crippen molar-refractivity contribution >= 4 is 22.9 Å². The number of β-amino-alcohol motifs (C(OH)–C–C–N with tert-alkyl or cyclic N) is 1. The van der Waals surface area contributed by atoms with E-state index in [0.717, 1.165) is 16.8 Å². The lowest BCUT2D eigenvalue weighted by Crippen LogP contribution is -2.51. The molecule has 0 radical (unpaired) electrons. The molecule has 0 unspecified atom stereocenters. The van der Waals surface area contributed by atoms with Gasteiger partial charge in [0.15, 0.2) is 0 Å². The first-order chi connectivity index (χ1) is 11.0. The van der Waals surface area contributed by atoms with E-state index < -0.39 is 0 Å². The smallest absolute Gasteiger partial charge is 0.366 e. The number of aliphatic hydroxyl groups is 1. The number of aliphatic hydroxyl groups excluding tert-OH is 1. The van der Waals surface area contributed by atoms with E-state index in [-0.39, 0.29) is 11.8 Å². The molecule has 4 rings (SSSR count). The Morgan fingerprint density at radius 2 is 1.96 bits per heavy atom. The number of fused-ring (bicyclic) bond motifs is 1. The predicted molar refractivity (Wildman–Crippen MR) is 86.9 cm³/mol. The van der Waals surface area contributed by atoms with Crippen LogP contribution in [-0.2, 0) is 7.05 Å². The van der Waals surface area contributed by atoms with Crippen molar-refractivity contribution in [2.24, 2.45) is 7.05 Å². The molecule has 2 aromatic heterocycles. The Labute approximate surface area is 136 Å². The summed E-state index contributed by atoms with van der Waals surface area (Å²) in [7, 11) is 1.59. The van der Waals surface area contributed by atoms with Crippen molar-refractivity contribution in [2.75, 3.05) is 18.0 Å². The first kappa shape index (κ1) is 14.2. The zero-order valence-electron chi connectivity index (χ0n) is 12.3. The van der Waals surface area contributed by atoms with Crippen molar-refractivity contribution in [3.05, 3.63) is 46.0 Å². The molecule has 7 nitrogen and oxygen atoms in total. The van der Waals surface area contributed by atoms with E-state index in [1.807, 2.05) is 17.0 Å². The summed E-state index contributed by atoms with van der Waals surface area (Å²) in [6.07, 6.45) is 1.29. The molecule has 118 valence electrons. The van der Waals surface area contributed by atoms with Gasteiger partial charge in [-0.1, -0.05) is 23.7 Å². The van der Waals surface area contributed by atoms with Crippen LogP contribution in [0.4, 0.5) is 5.69 Å². The second-order valence-electron chi connectivity index (χ2n) is 5.61. The van der Waals surface area contributed by atoms with Crippen molar-refractivity contribution in [1.29, 1.82) is 0 Å². The number of hydrogen-bond acceptors (Lipinski definition) is 5. The summed E-state index contributed by atoms with van der Waals surface area (Å²) in [5.74, 6) is 0. The van der Waals surface area contributed by atoms with E-state index in [0.29, 0.717) is 23.8 Å². The fraction of sp³-hybridized carbons (Fsp3) is 0.267. The zero-order chi connectivity index (χ0) is 16.1. The van der Waals surface area contributed by atoms with Crippen LogP contribution >= 0.6 is 11.6 Å². The number of benzene rings is 1. The molecule has 1 saturated heterocycles. The van der Waals surface area contributed by atoms with E-state index in [4.69, 9.17) is 11.6 Å². The van der Waals surface area contributed by atoms with Crippen molar-refractivity contribution in [1.82, 2.24) is 19.4 Å². The largest absolute Gasteiger partial charge is 0.389 e. The molecular formula is C15H14ClN5O2. The second kappa shape index (κ2) is 5.07. The molecule has 1 N–H and O–H groups in total. The van der Waals surface area contributed by atoms with Gasteiger partial charge in [-0.15, -0.1) is 5.10 Å². The van der Waals surface area contributed by atoms with Crippen molar-refractivity contribution in [2.45, 2.75) is 6.10 Å². The van der Waals surface area contributed by atoms with Gasteiger partial charge in [0.25, 0.3) is 0 Å². The van der Waals surface area contributed by atoms with E-state index in [1.54, 1.807) is 25.4 Å². The number of anilines is 1. The van der Waals surface area contributed by atoms with E-state index >= 15 is 0 Å². The summed E-state index contributed by atoms with van der Waals surface area (Å²) in [5.41, 5.74) is 2.76. The summed E-state index contributed by atoms with van der Waals surface area (Å²) in [6.45, 7) is 1.01. The number of halogens is 1. The van der Waals surface area contributed by atoms with Gasteiger partial charge in [-0.2, -0.15) is 9.61 Å². The first-order valence-electron chi connectivity index (χ1n) is 7.18. The second-order valence-corrected chi connectivity index (χ2v) is 6.05. The van der Waals surface area contributed by atoms with Gasteiger partial charge < -0.3 is 10.0 Å². The highest BCUT2D eigenvalue weighted by atomic mass is 35.5. The molecule has 0 atom stereocenters. The Morgan fingerprint density at radius 3 is 2.61 bits per heavy atom. The third-order valence-corrected chi connectivity index (χ3v) is 4.26. The highest BCUT2D eigenvalue weighted by Crippen LogP contribution is 2.35. The maximum absolute atomic E-state index is 12.1.